The van der Waals surface area contributed by atoms with Crippen molar-refractivity contribution >= 4 is 12.0 Å². The predicted octanol–water partition coefficient (Wildman–Crippen LogP) is 2.99. The van der Waals surface area contributed by atoms with Crippen molar-refractivity contribution in [2.45, 2.75) is 12.6 Å². The summed E-state index contributed by atoms with van der Waals surface area (Å²) in [5.41, 5.74) is -0.715. The summed E-state index contributed by atoms with van der Waals surface area (Å²) in [6, 6.07) is 3.57. The van der Waals surface area contributed by atoms with Gasteiger partial charge in [-0.2, -0.15) is 13.2 Å². The molecule has 0 unspecified atom stereocenters. The van der Waals surface area contributed by atoms with Crippen molar-refractivity contribution in [3.8, 4) is 0 Å². The lowest BCUT2D eigenvalue weighted by molar-refractivity contribution is -0.137. The largest absolute Gasteiger partial charge is 0.418 e. The fraction of sp³-hybridized carbons (Fsp3) is 0.462. The third-order valence-electron chi connectivity index (χ3n) is 2.72. The van der Waals surface area contributed by atoms with E-state index in [1.165, 1.54) is 17.0 Å². The lowest BCUT2D eigenvalue weighted by Crippen LogP contribution is -2.23. The molecule has 0 N–H and O–H groups in total. The van der Waals surface area contributed by atoms with Crippen molar-refractivity contribution in [2.75, 3.05) is 32.2 Å². The number of carbonyl (C=O) groups is 1. The van der Waals surface area contributed by atoms with E-state index in [9.17, 15) is 18.0 Å². The van der Waals surface area contributed by atoms with Crippen LogP contribution in [0.25, 0.3) is 0 Å². The zero-order valence-corrected chi connectivity index (χ0v) is 10.8. The van der Waals surface area contributed by atoms with E-state index in [0.717, 1.165) is 6.07 Å². The molecule has 19 heavy (non-hydrogen) atoms. The molecular formula is C13H16F3NO2. The molecule has 0 atom stereocenters. The van der Waals surface area contributed by atoms with Gasteiger partial charge in [-0.3, -0.25) is 4.79 Å². The Kier molecular flexibility index (Phi) is 5.35. The molecular weight excluding hydrogens is 259 g/mol. The van der Waals surface area contributed by atoms with Crippen LogP contribution >= 0.6 is 0 Å². The first kappa shape index (κ1) is 15.5. The standard InChI is InChI=1S/C13H16F3NO2/c1-17(6-3-7-19-2)12-5-4-10(9-18)8-11(12)13(14,15)16/h4-5,8-9H,3,6-7H2,1-2H3. The van der Waals surface area contributed by atoms with Crippen LogP contribution in [-0.4, -0.2) is 33.6 Å². The minimum absolute atomic E-state index is 0.0152. The van der Waals surface area contributed by atoms with Crippen LogP contribution in [0.2, 0.25) is 0 Å². The number of anilines is 1. The second kappa shape index (κ2) is 6.56. The fourth-order valence-electron chi connectivity index (χ4n) is 1.75. The van der Waals surface area contributed by atoms with E-state index < -0.39 is 11.7 Å². The van der Waals surface area contributed by atoms with Crippen LogP contribution in [0.1, 0.15) is 22.3 Å². The second-order valence-electron chi connectivity index (χ2n) is 4.16. The van der Waals surface area contributed by atoms with Crippen molar-refractivity contribution in [1.82, 2.24) is 0 Å². The van der Waals surface area contributed by atoms with Gasteiger partial charge in [0.15, 0.2) is 0 Å². The number of methoxy groups -OCH3 is 1. The number of rotatable bonds is 6. The summed E-state index contributed by atoms with van der Waals surface area (Å²) < 4.78 is 43.7. The predicted molar refractivity (Wildman–Crippen MR) is 66.6 cm³/mol. The Hall–Kier alpha value is -1.56. The summed E-state index contributed by atoms with van der Waals surface area (Å²) >= 11 is 0. The molecule has 3 nitrogen and oxygen atoms in total. The van der Waals surface area contributed by atoms with E-state index in [1.807, 2.05) is 0 Å². The van der Waals surface area contributed by atoms with Crippen LogP contribution in [0.3, 0.4) is 0 Å². The summed E-state index contributed by atoms with van der Waals surface area (Å²) in [4.78, 5) is 12.1. The van der Waals surface area contributed by atoms with Gasteiger partial charge in [0, 0.05) is 38.6 Å². The smallest absolute Gasteiger partial charge is 0.385 e. The summed E-state index contributed by atoms with van der Waals surface area (Å²) in [5, 5.41) is 0. The topological polar surface area (TPSA) is 29.5 Å². The highest BCUT2D eigenvalue weighted by atomic mass is 19.4. The van der Waals surface area contributed by atoms with Gasteiger partial charge in [0.25, 0.3) is 0 Å². The first-order valence-electron chi connectivity index (χ1n) is 5.76. The van der Waals surface area contributed by atoms with Gasteiger partial charge < -0.3 is 9.64 Å². The molecule has 6 heteroatoms. The van der Waals surface area contributed by atoms with Crippen molar-refractivity contribution in [1.29, 1.82) is 0 Å². The number of hydrogen-bond donors (Lipinski definition) is 0. The van der Waals surface area contributed by atoms with Crippen LogP contribution in [0.4, 0.5) is 18.9 Å². The zero-order valence-electron chi connectivity index (χ0n) is 10.8. The molecule has 0 saturated heterocycles. The highest BCUT2D eigenvalue weighted by Crippen LogP contribution is 2.36. The first-order chi connectivity index (χ1) is 8.90. The molecule has 0 saturated carbocycles. The number of benzene rings is 1. The number of halogens is 3. The van der Waals surface area contributed by atoms with Gasteiger partial charge >= 0.3 is 6.18 Å². The van der Waals surface area contributed by atoms with Crippen LogP contribution < -0.4 is 4.90 Å². The molecule has 0 heterocycles. The molecule has 0 aromatic heterocycles. The van der Waals surface area contributed by atoms with E-state index in [-0.39, 0.29) is 11.3 Å². The van der Waals surface area contributed by atoms with Gasteiger partial charge in [-0.1, -0.05) is 0 Å². The van der Waals surface area contributed by atoms with E-state index in [0.29, 0.717) is 25.9 Å². The van der Waals surface area contributed by atoms with E-state index in [1.54, 1.807) is 14.2 Å². The zero-order chi connectivity index (χ0) is 14.5. The highest BCUT2D eigenvalue weighted by molar-refractivity contribution is 5.77. The molecule has 0 aliphatic carbocycles. The Labute approximate surface area is 110 Å². The van der Waals surface area contributed by atoms with Crippen molar-refractivity contribution in [3.05, 3.63) is 29.3 Å². The summed E-state index contributed by atoms with van der Waals surface area (Å²) in [5.74, 6) is 0. The number of carbonyl (C=O) groups excluding carboxylic acids is 1. The molecule has 0 aliphatic heterocycles. The molecule has 1 aromatic rings. The van der Waals surface area contributed by atoms with Gasteiger partial charge in [0.05, 0.1) is 5.56 Å². The van der Waals surface area contributed by atoms with Gasteiger partial charge in [-0.25, -0.2) is 0 Å². The maximum absolute atomic E-state index is 12.9. The molecule has 0 fully saturated rings. The lowest BCUT2D eigenvalue weighted by atomic mass is 10.1. The third kappa shape index (κ3) is 4.24. The number of ether oxygens (including phenoxy) is 1. The molecule has 1 rings (SSSR count). The Morgan fingerprint density at radius 3 is 2.58 bits per heavy atom. The number of alkyl halides is 3. The Balaban J connectivity index is 3.02. The number of aldehydes is 1. The highest BCUT2D eigenvalue weighted by Gasteiger charge is 2.34. The minimum Gasteiger partial charge on any atom is -0.385 e. The Bertz CT molecular complexity index is 432. The SMILES string of the molecule is COCCCN(C)c1ccc(C=O)cc1C(F)(F)F. The van der Waals surface area contributed by atoms with E-state index >= 15 is 0 Å². The second-order valence-corrected chi connectivity index (χ2v) is 4.16. The van der Waals surface area contributed by atoms with Crippen molar-refractivity contribution in [3.63, 3.8) is 0 Å². The molecule has 0 aliphatic rings. The summed E-state index contributed by atoms with van der Waals surface area (Å²) in [6.07, 6.45) is -3.45. The molecule has 106 valence electrons. The molecule has 1 aromatic carbocycles. The first-order valence-corrected chi connectivity index (χ1v) is 5.76. The average Bonchev–Trinajstić information content (AvgIpc) is 2.37. The maximum atomic E-state index is 12.9. The summed E-state index contributed by atoms with van der Waals surface area (Å²) in [7, 11) is 3.13. The third-order valence-corrected chi connectivity index (χ3v) is 2.72. The monoisotopic (exact) mass is 275 g/mol. The molecule has 0 bridgehead atoms. The van der Waals surface area contributed by atoms with Gasteiger partial charge in [-0.15, -0.1) is 0 Å². The van der Waals surface area contributed by atoms with Crippen molar-refractivity contribution in [2.24, 2.45) is 0 Å². The van der Waals surface area contributed by atoms with Crippen LogP contribution in [-0.2, 0) is 10.9 Å². The van der Waals surface area contributed by atoms with E-state index in [2.05, 4.69) is 0 Å². The van der Waals surface area contributed by atoms with Gasteiger partial charge in [-0.05, 0) is 24.6 Å². The Morgan fingerprint density at radius 2 is 2.05 bits per heavy atom. The quantitative estimate of drug-likeness (QED) is 0.590. The summed E-state index contributed by atoms with van der Waals surface area (Å²) in [6.45, 7) is 0.926. The van der Waals surface area contributed by atoms with E-state index in [4.69, 9.17) is 4.74 Å². The van der Waals surface area contributed by atoms with Crippen LogP contribution in [0.5, 0.6) is 0 Å². The van der Waals surface area contributed by atoms with Crippen LogP contribution in [0, 0.1) is 0 Å². The molecule has 0 radical (unpaired) electrons. The normalized spacial score (nSPS) is 11.4. The molecule has 0 amide bonds. The minimum atomic E-state index is -4.48. The average molecular weight is 275 g/mol. The Morgan fingerprint density at radius 1 is 1.37 bits per heavy atom. The fourth-order valence-corrected chi connectivity index (χ4v) is 1.75. The number of nitrogens with zero attached hydrogens (tertiary/aromatic N) is 1. The van der Waals surface area contributed by atoms with Crippen LogP contribution in [0.15, 0.2) is 18.2 Å². The van der Waals surface area contributed by atoms with Gasteiger partial charge in [0.1, 0.15) is 6.29 Å². The van der Waals surface area contributed by atoms with Gasteiger partial charge in [0.2, 0.25) is 0 Å². The lowest BCUT2D eigenvalue weighted by Gasteiger charge is -2.23. The maximum Gasteiger partial charge on any atom is 0.418 e. The molecule has 0 spiro atoms. The van der Waals surface area contributed by atoms with Crippen molar-refractivity contribution < 1.29 is 22.7 Å². The number of hydrogen-bond acceptors (Lipinski definition) is 3.